The van der Waals surface area contributed by atoms with E-state index >= 15 is 0 Å². The molecule has 0 saturated heterocycles. The van der Waals surface area contributed by atoms with Crippen LogP contribution < -0.4 is 0 Å². The van der Waals surface area contributed by atoms with E-state index in [2.05, 4.69) is 55.1 Å². The first-order valence-corrected chi connectivity index (χ1v) is 13.5. The third-order valence-corrected chi connectivity index (χ3v) is 7.03. The van der Waals surface area contributed by atoms with Crippen molar-refractivity contribution in [3.05, 3.63) is 59.1 Å². The second-order valence-electron chi connectivity index (χ2n) is 9.56. The molecular weight excluding hydrogens is 426 g/mol. The van der Waals surface area contributed by atoms with E-state index in [4.69, 9.17) is 11.6 Å². The van der Waals surface area contributed by atoms with E-state index in [1.165, 1.54) is 75.0 Å². The van der Waals surface area contributed by atoms with Crippen molar-refractivity contribution in [2.75, 3.05) is 19.6 Å². The van der Waals surface area contributed by atoms with Crippen LogP contribution in [0.25, 0.3) is 21.5 Å². The molecule has 3 aromatic carbocycles. The average molecular weight is 468 g/mol. The van der Waals surface area contributed by atoms with Crippen LogP contribution in [0.15, 0.2) is 48.5 Å². The van der Waals surface area contributed by atoms with Gasteiger partial charge in [0.15, 0.2) is 0 Å². The van der Waals surface area contributed by atoms with Gasteiger partial charge < -0.3 is 10.0 Å². The lowest BCUT2D eigenvalue weighted by Crippen LogP contribution is -2.31. The van der Waals surface area contributed by atoms with Crippen molar-refractivity contribution in [3.8, 4) is 0 Å². The third kappa shape index (κ3) is 7.98. The normalized spacial score (nSPS) is 12.8. The minimum atomic E-state index is -0.477. The van der Waals surface area contributed by atoms with Crippen LogP contribution in [-0.4, -0.2) is 29.6 Å². The minimum absolute atomic E-state index is 0.477. The Morgan fingerprint density at radius 1 is 0.697 bits per heavy atom. The molecule has 180 valence electrons. The molecule has 1 N–H and O–H groups in total. The van der Waals surface area contributed by atoms with Crippen molar-refractivity contribution in [2.45, 2.75) is 84.2 Å². The Bertz CT molecular complexity index is 972. The van der Waals surface area contributed by atoms with Crippen LogP contribution in [0.1, 0.15) is 89.7 Å². The van der Waals surface area contributed by atoms with Gasteiger partial charge in [-0.3, -0.25) is 0 Å². The number of halogens is 1. The monoisotopic (exact) mass is 467 g/mol. The van der Waals surface area contributed by atoms with Gasteiger partial charge in [-0.25, -0.2) is 0 Å². The highest BCUT2D eigenvalue weighted by Gasteiger charge is 2.15. The Morgan fingerprint density at radius 3 is 1.82 bits per heavy atom. The lowest BCUT2D eigenvalue weighted by Gasteiger charge is -2.25. The van der Waals surface area contributed by atoms with E-state index in [0.717, 1.165) is 34.4 Å². The molecule has 0 heterocycles. The fourth-order valence-corrected chi connectivity index (χ4v) is 4.94. The van der Waals surface area contributed by atoms with Crippen molar-refractivity contribution < 1.29 is 5.11 Å². The number of rotatable bonds is 15. The van der Waals surface area contributed by atoms with Gasteiger partial charge in [-0.1, -0.05) is 107 Å². The van der Waals surface area contributed by atoms with Gasteiger partial charge in [0.05, 0.1) is 6.10 Å². The van der Waals surface area contributed by atoms with Crippen LogP contribution in [0.3, 0.4) is 0 Å². The number of fused-ring (bicyclic) bond motifs is 3. The lowest BCUT2D eigenvalue weighted by atomic mass is 9.98. The quantitative estimate of drug-likeness (QED) is 0.178. The Balaban J connectivity index is 1.70. The fourth-order valence-electron chi connectivity index (χ4n) is 4.77. The molecule has 0 unspecified atom stereocenters. The second kappa shape index (κ2) is 13.9. The average Bonchev–Trinajstić information content (AvgIpc) is 2.83. The van der Waals surface area contributed by atoms with Gasteiger partial charge in [-0.15, -0.1) is 0 Å². The molecule has 3 rings (SSSR count). The summed E-state index contributed by atoms with van der Waals surface area (Å²) < 4.78 is 0. The minimum Gasteiger partial charge on any atom is -0.387 e. The van der Waals surface area contributed by atoms with Crippen molar-refractivity contribution in [3.63, 3.8) is 0 Å². The SMILES string of the molecule is CCCCCCCN(CCCCCCC)C[C@H](O)c1ccc2ccc3ccc(Cl)cc3c2c1. The maximum atomic E-state index is 11.2. The zero-order valence-corrected chi connectivity index (χ0v) is 21.4. The molecule has 1 atom stereocenters. The summed E-state index contributed by atoms with van der Waals surface area (Å²) in [6, 6.07) is 16.7. The first-order chi connectivity index (χ1) is 16.1. The van der Waals surface area contributed by atoms with E-state index in [-0.39, 0.29) is 0 Å². The molecular formula is C30H42ClNO. The Kier molecular flexibility index (Phi) is 11.0. The summed E-state index contributed by atoms with van der Waals surface area (Å²) in [4.78, 5) is 2.49. The summed E-state index contributed by atoms with van der Waals surface area (Å²) in [6.07, 6.45) is 12.4. The van der Waals surface area contributed by atoms with E-state index in [1.54, 1.807) is 0 Å². The van der Waals surface area contributed by atoms with Gasteiger partial charge in [-0.05, 0) is 71.2 Å². The topological polar surface area (TPSA) is 23.5 Å². The molecule has 0 aromatic heterocycles. The van der Waals surface area contributed by atoms with E-state index in [0.29, 0.717) is 6.54 Å². The molecule has 0 amide bonds. The van der Waals surface area contributed by atoms with Gasteiger partial charge >= 0.3 is 0 Å². The predicted octanol–water partition coefficient (Wildman–Crippen LogP) is 8.92. The summed E-state index contributed by atoms with van der Waals surface area (Å²) in [5.74, 6) is 0. The summed E-state index contributed by atoms with van der Waals surface area (Å²) in [7, 11) is 0. The zero-order valence-electron chi connectivity index (χ0n) is 20.7. The van der Waals surface area contributed by atoms with Crippen LogP contribution in [0.5, 0.6) is 0 Å². The van der Waals surface area contributed by atoms with Gasteiger partial charge in [0, 0.05) is 11.6 Å². The standard InChI is InChI=1S/C30H42ClNO/c1-3-5-7-9-11-19-32(20-12-10-8-6-4-2)23-30(33)26-16-15-24-13-14-25-17-18-27(31)22-29(25)28(24)21-26/h13-18,21-22,30,33H,3-12,19-20,23H2,1-2H3/t30-/m0/s1. The highest BCUT2D eigenvalue weighted by Crippen LogP contribution is 2.30. The Morgan fingerprint density at radius 2 is 1.21 bits per heavy atom. The van der Waals surface area contributed by atoms with E-state index in [1.807, 2.05) is 12.1 Å². The molecule has 3 heteroatoms. The molecule has 2 nitrogen and oxygen atoms in total. The Labute approximate surface area is 205 Å². The summed E-state index contributed by atoms with van der Waals surface area (Å²) in [6.45, 7) is 7.40. The van der Waals surface area contributed by atoms with Crippen LogP contribution >= 0.6 is 11.6 Å². The van der Waals surface area contributed by atoms with Gasteiger partial charge in [0.2, 0.25) is 0 Å². The molecule has 0 aliphatic heterocycles. The smallest absolute Gasteiger partial charge is 0.0917 e. The molecule has 3 aromatic rings. The number of hydrogen-bond donors (Lipinski definition) is 1. The summed E-state index contributed by atoms with van der Waals surface area (Å²) in [5.41, 5.74) is 0.997. The first-order valence-electron chi connectivity index (χ1n) is 13.1. The zero-order chi connectivity index (χ0) is 23.5. The van der Waals surface area contributed by atoms with E-state index in [9.17, 15) is 5.11 Å². The van der Waals surface area contributed by atoms with Crippen molar-refractivity contribution >= 4 is 33.1 Å². The van der Waals surface area contributed by atoms with Crippen LogP contribution in [0.4, 0.5) is 0 Å². The number of aliphatic hydroxyl groups excluding tert-OH is 1. The predicted molar refractivity (Wildman–Crippen MR) is 145 cm³/mol. The van der Waals surface area contributed by atoms with Crippen LogP contribution in [0.2, 0.25) is 5.02 Å². The highest BCUT2D eigenvalue weighted by molar-refractivity contribution is 6.31. The number of benzene rings is 3. The number of hydrogen-bond acceptors (Lipinski definition) is 2. The number of nitrogens with zero attached hydrogens (tertiary/aromatic N) is 1. The van der Waals surface area contributed by atoms with Crippen molar-refractivity contribution in [1.29, 1.82) is 0 Å². The highest BCUT2D eigenvalue weighted by atomic mass is 35.5. The van der Waals surface area contributed by atoms with Crippen LogP contribution in [-0.2, 0) is 0 Å². The van der Waals surface area contributed by atoms with E-state index < -0.39 is 6.10 Å². The maximum Gasteiger partial charge on any atom is 0.0917 e. The molecule has 0 aliphatic rings. The van der Waals surface area contributed by atoms with Crippen LogP contribution in [0, 0.1) is 0 Å². The van der Waals surface area contributed by atoms with Gasteiger partial charge in [0.1, 0.15) is 0 Å². The molecule has 0 radical (unpaired) electrons. The van der Waals surface area contributed by atoms with Crippen molar-refractivity contribution in [2.24, 2.45) is 0 Å². The third-order valence-electron chi connectivity index (χ3n) is 6.80. The van der Waals surface area contributed by atoms with Crippen molar-refractivity contribution in [1.82, 2.24) is 4.90 Å². The van der Waals surface area contributed by atoms with Gasteiger partial charge in [-0.2, -0.15) is 0 Å². The number of unbranched alkanes of at least 4 members (excludes halogenated alkanes) is 8. The van der Waals surface area contributed by atoms with Gasteiger partial charge in [0.25, 0.3) is 0 Å². The Hall–Kier alpha value is -1.61. The first kappa shape index (κ1) is 26.0. The molecule has 0 spiro atoms. The maximum absolute atomic E-state index is 11.2. The molecule has 0 fully saturated rings. The molecule has 0 saturated carbocycles. The second-order valence-corrected chi connectivity index (χ2v) is 9.99. The largest absolute Gasteiger partial charge is 0.387 e. The number of aliphatic hydroxyl groups is 1. The summed E-state index contributed by atoms with van der Waals surface area (Å²) >= 11 is 6.29. The lowest BCUT2D eigenvalue weighted by molar-refractivity contribution is 0.110. The summed E-state index contributed by atoms with van der Waals surface area (Å²) in [5, 5.41) is 16.6. The fraction of sp³-hybridized carbons (Fsp3) is 0.533. The molecule has 0 bridgehead atoms. The molecule has 33 heavy (non-hydrogen) atoms. The molecule has 0 aliphatic carbocycles.